The number of carbonyl (C=O) groups is 1. The number of rotatable bonds is 8. The second-order valence-corrected chi connectivity index (χ2v) is 14.5. The van der Waals surface area contributed by atoms with Crippen LogP contribution in [0.25, 0.3) is 11.3 Å². The Kier molecular flexibility index (Phi) is 6.25. The fourth-order valence-corrected chi connectivity index (χ4v) is 7.81. The lowest BCUT2D eigenvalue weighted by Gasteiger charge is -2.65. The number of ether oxygens (including phenoxy) is 1. The van der Waals surface area contributed by atoms with Gasteiger partial charge in [-0.1, -0.05) is 25.9 Å². The monoisotopic (exact) mass is 595 g/mol. The molecule has 6 aliphatic carbocycles. The summed E-state index contributed by atoms with van der Waals surface area (Å²) in [6.07, 6.45) is 10.9. The third-order valence-corrected chi connectivity index (χ3v) is 10.4. The Bertz CT molecular complexity index is 1510. The molecule has 6 fully saturated rings. The number of amides is 1. The molecule has 43 heavy (non-hydrogen) atoms. The molecule has 3 aromatic heterocycles. The maximum atomic E-state index is 14.6. The summed E-state index contributed by atoms with van der Waals surface area (Å²) >= 11 is 0. The highest BCUT2D eigenvalue weighted by molar-refractivity contribution is 6.00. The van der Waals surface area contributed by atoms with Gasteiger partial charge in [-0.2, -0.15) is 13.8 Å². The number of fused-ring (bicyclic) bond motifs is 3. The molecule has 4 bridgehead atoms. The molecule has 3 heterocycles. The van der Waals surface area contributed by atoms with Gasteiger partial charge in [-0.15, -0.1) is 0 Å². The number of hydrogen-bond donors (Lipinski definition) is 0. The van der Waals surface area contributed by atoms with Crippen LogP contribution in [0.3, 0.4) is 0 Å². The van der Waals surface area contributed by atoms with Crippen LogP contribution in [0, 0.1) is 10.8 Å². The molecule has 0 spiro atoms. The second-order valence-electron chi connectivity index (χ2n) is 14.5. The minimum atomic E-state index is -2.94. The van der Waals surface area contributed by atoms with Crippen molar-refractivity contribution in [3.63, 3.8) is 0 Å². The fraction of sp³-hybridized carbons (Fsp3) is 0.594. The van der Waals surface area contributed by atoms with Crippen LogP contribution in [0.15, 0.2) is 41.3 Å². The van der Waals surface area contributed by atoms with Crippen LogP contribution in [0.2, 0.25) is 0 Å². The summed E-state index contributed by atoms with van der Waals surface area (Å²) in [5.41, 5.74) is -0.432. The van der Waals surface area contributed by atoms with Gasteiger partial charge < -0.3 is 14.2 Å². The molecule has 6 saturated carbocycles. The van der Waals surface area contributed by atoms with E-state index in [0.717, 1.165) is 44.3 Å². The Labute approximate surface area is 248 Å². The van der Waals surface area contributed by atoms with Crippen molar-refractivity contribution < 1.29 is 27.2 Å². The van der Waals surface area contributed by atoms with Gasteiger partial charge in [0.2, 0.25) is 11.8 Å². The van der Waals surface area contributed by atoms with Gasteiger partial charge in [0.15, 0.2) is 5.82 Å². The molecule has 0 aliphatic heterocycles. The number of carbonyl (C=O) groups excluding carboxylic acids is 1. The van der Waals surface area contributed by atoms with E-state index < -0.39 is 17.7 Å². The molecule has 0 saturated heterocycles. The Morgan fingerprint density at radius 1 is 1.05 bits per heavy atom. The average Bonchev–Trinajstić information content (AvgIpc) is 3.47. The van der Waals surface area contributed by atoms with Crippen molar-refractivity contribution in [1.82, 2.24) is 20.1 Å². The quantitative estimate of drug-likeness (QED) is 0.278. The zero-order valence-corrected chi connectivity index (χ0v) is 24.7. The lowest BCUT2D eigenvalue weighted by molar-refractivity contribution is -0.211. The smallest absolute Gasteiger partial charge is 0.387 e. The van der Waals surface area contributed by atoms with Crippen molar-refractivity contribution >= 4 is 11.6 Å². The van der Waals surface area contributed by atoms with Gasteiger partial charge in [0.05, 0.1) is 29.2 Å². The van der Waals surface area contributed by atoms with Gasteiger partial charge in [-0.25, -0.2) is 4.39 Å². The second kappa shape index (κ2) is 9.50. The topological polar surface area (TPSA) is 94.2 Å². The van der Waals surface area contributed by atoms with E-state index in [1.807, 2.05) is 11.0 Å². The summed E-state index contributed by atoms with van der Waals surface area (Å²) in [6, 6.07) is 4.87. The molecule has 9 rings (SSSR count). The zero-order valence-electron chi connectivity index (χ0n) is 24.7. The summed E-state index contributed by atoms with van der Waals surface area (Å²) in [4.78, 5) is 29.5. The molecule has 8 nitrogen and oxygen atoms in total. The van der Waals surface area contributed by atoms with Gasteiger partial charge >= 0.3 is 6.61 Å². The highest BCUT2D eigenvalue weighted by Gasteiger charge is 2.73. The van der Waals surface area contributed by atoms with Gasteiger partial charge in [0.1, 0.15) is 11.4 Å². The largest absolute Gasteiger partial charge is 0.433 e. The van der Waals surface area contributed by atoms with Crippen LogP contribution in [0.4, 0.5) is 18.9 Å². The van der Waals surface area contributed by atoms with Crippen LogP contribution in [-0.4, -0.2) is 44.8 Å². The van der Waals surface area contributed by atoms with Gasteiger partial charge in [-0.05, 0) is 81.4 Å². The predicted octanol–water partition coefficient (Wildman–Crippen LogP) is 6.94. The Morgan fingerprint density at radius 3 is 2.30 bits per heavy atom. The first-order valence-electron chi connectivity index (χ1n) is 15.0. The Morgan fingerprint density at radius 2 is 1.74 bits per heavy atom. The normalized spacial score (nSPS) is 31.0. The maximum absolute atomic E-state index is 14.6. The Balaban J connectivity index is 1.14. The van der Waals surface area contributed by atoms with E-state index in [4.69, 9.17) is 9.51 Å². The third kappa shape index (κ3) is 4.79. The van der Waals surface area contributed by atoms with Crippen LogP contribution >= 0.6 is 0 Å². The highest BCUT2D eigenvalue weighted by atomic mass is 19.3. The van der Waals surface area contributed by atoms with Crippen LogP contribution in [-0.2, 0) is 15.6 Å². The maximum Gasteiger partial charge on any atom is 0.387 e. The molecule has 11 heteroatoms. The molecule has 0 unspecified atom stereocenters. The summed E-state index contributed by atoms with van der Waals surface area (Å²) in [7, 11) is 0. The van der Waals surface area contributed by atoms with Crippen molar-refractivity contribution in [2.75, 3.05) is 11.4 Å². The first kappa shape index (κ1) is 28.3. The average molecular weight is 596 g/mol. The minimum absolute atomic E-state index is 0.0376. The summed E-state index contributed by atoms with van der Waals surface area (Å²) in [5.74, 6) is 1.38. The zero-order chi connectivity index (χ0) is 30.3. The number of alkyl halides is 3. The number of aromatic nitrogens is 4. The standard InChI is InChI=1S/C32H36F3N5O3/c1-28(2,3)25-38-24(39-43-25)30-9-6-29(7-10-30,8-11-30)19-40(26(41)31-16-32(35,17-31)18-31)21-12-20(13-36-14-21)23-5-4-22(15-37-23)42-27(33)34/h4-5,12-15,27H,6-11,16-19H2,1-3H3. The molecule has 0 aromatic carbocycles. The first-order valence-corrected chi connectivity index (χ1v) is 15.0. The molecule has 0 radical (unpaired) electrons. The minimum Gasteiger partial charge on any atom is -0.433 e. The molecule has 228 valence electrons. The number of halogens is 3. The molecule has 1 amide bonds. The van der Waals surface area contributed by atoms with E-state index in [1.54, 1.807) is 18.5 Å². The van der Waals surface area contributed by atoms with Crippen molar-refractivity contribution in [1.29, 1.82) is 0 Å². The third-order valence-electron chi connectivity index (χ3n) is 10.4. The van der Waals surface area contributed by atoms with E-state index in [0.29, 0.717) is 29.4 Å². The number of hydrogen-bond acceptors (Lipinski definition) is 7. The lowest BCUT2D eigenvalue weighted by atomic mass is 9.41. The summed E-state index contributed by atoms with van der Waals surface area (Å²) in [6.45, 7) is 3.78. The molecule has 0 N–H and O–H groups in total. The molecular formula is C32H36F3N5O3. The highest BCUT2D eigenvalue weighted by Crippen LogP contribution is 2.70. The van der Waals surface area contributed by atoms with Crippen LogP contribution in [0.1, 0.15) is 90.3 Å². The van der Waals surface area contributed by atoms with Crippen molar-refractivity contribution in [2.45, 2.75) is 102 Å². The van der Waals surface area contributed by atoms with Crippen LogP contribution in [0.5, 0.6) is 5.75 Å². The fourth-order valence-electron chi connectivity index (χ4n) is 7.81. The SMILES string of the molecule is CC(C)(C)c1nc(C23CCC(CN(C(=O)C45CC(F)(C4)C5)c4cncc(-c5ccc(OC(F)F)cn5)c4)(CC2)CC3)no1. The van der Waals surface area contributed by atoms with Crippen molar-refractivity contribution in [3.05, 3.63) is 48.5 Å². The number of pyridine rings is 2. The molecule has 3 aromatic rings. The van der Waals surface area contributed by atoms with Crippen molar-refractivity contribution in [3.8, 4) is 17.0 Å². The van der Waals surface area contributed by atoms with E-state index in [9.17, 15) is 18.0 Å². The van der Waals surface area contributed by atoms with E-state index in [1.165, 1.54) is 12.3 Å². The van der Waals surface area contributed by atoms with Gasteiger partial charge in [-0.3, -0.25) is 14.8 Å². The first-order chi connectivity index (χ1) is 20.3. The van der Waals surface area contributed by atoms with E-state index >= 15 is 0 Å². The number of anilines is 1. The lowest BCUT2D eigenvalue weighted by Crippen LogP contribution is -2.71. The molecule has 0 atom stereocenters. The van der Waals surface area contributed by atoms with Crippen LogP contribution < -0.4 is 9.64 Å². The molecule has 6 aliphatic rings. The van der Waals surface area contributed by atoms with Crippen molar-refractivity contribution in [2.24, 2.45) is 10.8 Å². The van der Waals surface area contributed by atoms with Gasteiger partial charge in [0.25, 0.3) is 0 Å². The molecular weight excluding hydrogens is 559 g/mol. The summed E-state index contributed by atoms with van der Waals surface area (Å²) in [5, 5.41) is 4.41. The van der Waals surface area contributed by atoms with E-state index in [-0.39, 0.29) is 47.2 Å². The summed E-state index contributed by atoms with van der Waals surface area (Å²) < 4.78 is 49.8. The van der Waals surface area contributed by atoms with Gasteiger partial charge in [0, 0.05) is 29.1 Å². The van der Waals surface area contributed by atoms with E-state index in [2.05, 4.69) is 40.6 Å². The predicted molar refractivity (Wildman–Crippen MR) is 151 cm³/mol. The number of nitrogens with zero attached hydrogens (tertiary/aromatic N) is 5. The Hall–Kier alpha value is -3.50.